The Morgan fingerprint density at radius 1 is 1.31 bits per heavy atom. The number of carbonyl (C=O) groups is 1. The molecule has 0 spiro atoms. The van der Waals surface area contributed by atoms with E-state index < -0.39 is 6.61 Å². The van der Waals surface area contributed by atoms with Gasteiger partial charge in [-0.1, -0.05) is 18.2 Å². The zero-order chi connectivity index (χ0) is 18.8. The first-order chi connectivity index (χ1) is 11.8. The Hall–Kier alpha value is -1.91. The number of rotatable bonds is 8. The standard InChI is InChI=1S/C17H24F2N4O2.HI/c1-5-10-20-17(21-11-15(24)22(2)3)23(4)12-13-6-8-14(9-7-13)25-16(18)19;/h5-9,16H,1,10-12H2,2-4H3,(H,20,21);1H. The molecular weight excluding hydrogens is 457 g/mol. The predicted molar refractivity (Wildman–Crippen MR) is 109 cm³/mol. The third-order valence-electron chi connectivity index (χ3n) is 3.20. The van der Waals surface area contributed by atoms with Crippen molar-refractivity contribution in [2.75, 3.05) is 34.2 Å². The Bertz CT molecular complexity index is 595. The van der Waals surface area contributed by atoms with Crippen molar-refractivity contribution in [2.24, 2.45) is 4.99 Å². The van der Waals surface area contributed by atoms with Crippen molar-refractivity contribution in [1.82, 2.24) is 15.1 Å². The maximum absolute atomic E-state index is 12.2. The summed E-state index contributed by atoms with van der Waals surface area (Å²) in [5.41, 5.74) is 0.885. The molecule has 0 heterocycles. The summed E-state index contributed by atoms with van der Waals surface area (Å²) in [5.74, 6) is 0.541. The third-order valence-corrected chi connectivity index (χ3v) is 3.20. The zero-order valence-electron chi connectivity index (χ0n) is 15.1. The van der Waals surface area contributed by atoms with E-state index in [0.717, 1.165) is 5.56 Å². The van der Waals surface area contributed by atoms with Gasteiger partial charge >= 0.3 is 6.61 Å². The summed E-state index contributed by atoms with van der Waals surface area (Å²) in [5, 5.41) is 3.08. The smallest absolute Gasteiger partial charge is 0.387 e. The average molecular weight is 482 g/mol. The molecule has 1 N–H and O–H groups in total. The van der Waals surface area contributed by atoms with Crippen molar-refractivity contribution in [3.63, 3.8) is 0 Å². The molecule has 1 rings (SSSR count). The van der Waals surface area contributed by atoms with Gasteiger partial charge in [-0.15, -0.1) is 30.6 Å². The van der Waals surface area contributed by atoms with Gasteiger partial charge in [-0.2, -0.15) is 8.78 Å². The van der Waals surface area contributed by atoms with Gasteiger partial charge < -0.3 is 19.9 Å². The highest BCUT2D eigenvalue weighted by molar-refractivity contribution is 14.0. The first kappa shape index (κ1) is 24.1. The normalized spacial score (nSPS) is 10.8. The quantitative estimate of drug-likeness (QED) is 0.268. The van der Waals surface area contributed by atoms with Crippen LogP contribution in [0.15, 0.2) is 41.9 Å². The van der Waals surface area contributed by atoms with E-state index in [1.807, 2.05) is 11.9 Å². The lowest BCUT2D eigenvalue weighted by Gasteiger charge is -2.22. The van der Waals surface area contributed by atoms with Crippen molar-refractivity contribution in [1.29, 1.82) is 0 Å². The van der Waals surface area contributed by atoms with Crippen molar-refractivity contribution >= 4 is 35.8 Å². The maximum Gasteiger partial charge on any atom is 0.387 e. The van der Waals surface area contributed by atoms with Gasteiger partial charge in [0, 0.05) is 34.2 Å². The number of benzene rings is 1. The van der Waals surface area contributed by atoms with E-state index in [1.165, 1.54) is 17.0 Å². The molecule has 0 radical (unpaired) electrons. The minimum Gasteiger partial charge on any atom is -0.435 e. The lowest BCUT2D eigenvalue weighted by atomic mass is 10.2. The molecule has 146 valence electrons. The number of nitrogens with zero attached hydrogens (tertiary/aromatic N) is 3. The second kappa shape index (κ2) is 12.4. The molecule has 9 heteroatoms. The number of likely N-dealkylation sites (N-methyl/N-ethyl adjacent to an activating group) is 1. The Morgan fingerprint density at radius 3 is 2.42 bits per heavy atom. The van der Waals surface area contributed by atoms with Crippen LogP contribution in [-0.4, -0.2) is 62.5 Å². The van der Waals surface area contributed by atoms with Crippen LogP contribution in [0.2, 0.25) is 0 Å². The summed E-state index contributed by atoms with van der Waals surface area (Å²) >= 11 is 0. The molecule has 0 aliphatic heterocycles. The van der Waals surface area contributed by atoms with E-state index in [2.05, 4.69) is 21.6 Å². The minimum absolute atomic E-state index is 0. The van der Waals surface area contributed by atoms with Crippen molar-refractivity contribution in [3.05, 3.63) is 42.5 Å². The molecule has 0 saturated heterocycles. The number of hydrogen-bond donors (Lipinski definition) is 1. The highest BCUT2D eigenvalue weighted by Crippen LogP contribution is 2.15. The van der Waals surface area contributed by atoms with Crippen LogP contribution in [0.3, 0.4) is 0 Å². The summed E-state index contributed by atoms with van der Waals surface area (Å²) in [6, 6.07) is 6.37. The summed E-state index contributed by atoms with van der Waals surface area (Å²) < 4.78 is 28.7. The Balaban J connectivity index is 0.00000625. The van der Waals surface area contributed by atoms with E-state index in [1.54, 1.807) is 32.3 Å². The summed E-state index contributed by atoms with van der Waals surface area (Å²) in [7, 11) is 5.15. The van der Waals surface area contributed by atoms with Crippen LogP contribution < -0.4 is 10.1 Å². The van der Waals surface area contributed by atoms with Gasteiger partial charge in [-0.25, -0.2) is 4.99 Å². The van der Waals surface area contributed by atoms with E-state index in [0.29, 0.717) is 19.0 Å². The predicted octanol–water partition coefficient (Wildman–Crippen LogP) is 2.56. The fourth-order valence-electron chi connectivity index (χ4n) is 1.88. The first-order valence-electron chi connectivity index (χ1n) is 7.67. The highest BCUT2D eigenvalue weighted by atomic mass is 127. The van der Waals surface area contributed by atoms with Crippen LogP contribution in [0.5, 0.6) is 5.75 Å². The van der Waals surface area contributed by atoms with Crippen molar-refractivity contribution < 1.29 is 18.3 Å². The molecule has 1 amide bonds. The topological polar surface area (TPSA) is 57.2 Å². The minimum atomic E-state index is -2.84. The fraction of sp³-hybridized carbons (Fsp3) is 0.412. The summed E-state index contributed by atoms with van der Waals surface area (Å²) in [4.78, 5) is 19.3. The number of aliphatic imine (C=N–C) groups is 1. The van der Waals surface area contributed by atoms with Crippen molar-refractivity contribution in [3.8, 4) is 5.75 Å². The average Bonchev–Trinajstić information content (AvgIpc) is 2.55. The number of alkyl halides is 2. The Labute approximate surface area is 169 Å². The number of hydrogen-bond acceptors (Lipinski definition) is 3. The number of carbonyl (C=O) groups excluding carboxylic acids is 1. The molecule has 26 heavy (non-hydrogen) atoms. The number of halogens is 3. The lowest BCUT2D eigenvalue weighted by Crippen LogP contribution is -2.39. The molecule has 1 aromatic rings. The Morgan fingerprint density at radius 2 is 1.92 bits per heavy atom. The molecule has 0 unspecified atom stereocenters. The molecule has 0 atom stereocenters. The van der Waals surface area contributed by atoms with E-state index >= 15 is 0 Å². The van der Waals surface area contributed by atoms with Crippen LogP contribution in [0.1, 0.15) is 5.56 Å². The summed E-state index contributed by atoms with van der Waals surface area (Å²) in [6.45, 7) is 1.81. The number of guanidine groups is 1. The lowest BCUT2D eigenvalue weighted by molar-refractivity contribution is -0.127. The van der Waals surface area contributed by atoms with Crippen LogP contribution in [-0.2, 0) is 11.3 Å². The largest absolute Gasteiger partial charge is 0.435 e. The Kier molecular flexibility index (Phi) is 11.5. The molecule has 1 aromatic carbocycles. The SMILES string of the molecule is C=CCNC(=NCC(=O)N(C)C)N(C)Cc1ccc(OC(F)F)cc1.I. The van der Waals surface area contributed by atoms with Crippen LogP contribution in [0, 0.1) is 0 Å². The van der Waals surface area contributed by atoms with Gasteiger partial charge in [0.2, 0.25) is 5.91 Å². The van der Waals surface area contributed by atoms with Gasteiger partial charge in [0.15, 0.2) is 5.96 Å². The molecule has 0 aromatic heterocycles. The van der Waals surface area contributed by atoms with Crippen LogP contribution in [0.4, 0.5) is 8.78 Å². The van der Waals surface area contributed by atoms with E-state index in [4.69, 9.17) is 0 Å². The monoisotopic (exact) mass is 482 g/mol. The number of ether oxygens (including phenoxy) is 1. The maximum atomic E-state index is 12.2. The van der Waals surface area contributed by atoms with E-state index in [-0.39, 0.29) is 42.2 Å². The van der Waals surface area contributed by atoms with Crippen LogP contribution >= 0.6 is 24.0 Å². The second-order valence-electron chi connectivity index (χ2n) is 5.48. The molecule has 0 saturated carbocycles. The number of nitrogens with one attached hydrogen (secondary N) is 1. The molecule has 0 fully saturated rings. The molecule has 0 aliphatic rings. The molecule has 6 nitrogen and oxygen atoms in total. The molecule has 0 aliphatic carbocycles. The fourth-order valence-corrected chi connectivity index (χ4v) is 1.88. The van der Waals surface area contributed by atoms with Gasteiger partial charge in [0.25, 0.3) is 0 Å². The number of amides is 1. The first-order valence-corrected chi connectivity index (χ1v) is 7.67. The van der Waals surface area contributed by atoms with Gasteiger partial charge in [0.1, 0.15) is 12.3 Å². The van der Waals surface area contributed by atoms with Crippen LogP contribution in [0.25, 0.3) is 0 Å². The van der Waals surface area contributed by atoms with Crippen molar-refractivity contribution in [2.45, 2.75) is 13.2 Å². The highest BCUT2D eigenvalue weighted by Gasteiger charge is 2.10. The summed E-state index contributed by atoms with van der Waals surface area (Å²) in [6.07, 6.45) is 1.69. The third kappa shape index (κ3) is 8.97. The van der Waals surface area contributed by atoms with E-state index in [9.17, 15) is 13.6 Å². The second-order valence-corrected chi connectivity index (χ2v) is 5.48. The molecule has 0 bridgehead atoms. The van der Waals surface area contributed by atoms with Gasteiger partial charge in [-0.05, 0) is 17.7 Å². The van der Waals surface area contributed by atoms with Gasteiger partial charge in [0.05, 0.1) is 0 Å². The molecular formula is C17H25F2IN4O2. The zero-order valence-corrected chi connectivity index (χ0v) is 17.4. The van der Waals surface area contributed by atoms with Gasteiger partial charge in [-0.3, -0.25) is 4.79 Å².